The average molecular weight is 242 g/mol. The van der Waals surface area contributed by atoms with Crippen LogP contribution in [0.1, 0.15) is 0 Å². The first-order valence-corrected chi connectivity index (χ1v) is 4.77. The molecule has 0 spiro atoms. The summed E-state index contributed by atoms with van der Waals surface area (Å²) >= 11 is 5.85. The normalized spacial score (nSPS) is 10.8. The fourth-order valence-electron chi connectivity index (χ4n) is 1.47. The average Bonchev–Trinajstić information content (AvgIpc) is 2.18. The SMILES string of the molecule is CN(N)c1c(N)nc(Cl)c2cc(F)cnc12. The van der Waals surface area contributed by atoms with Gasteiger partial charge in [-0.3, -0.25) is 4.98 Å². The number of fused-ring (bicyclic) bond motifs is 1. The van der Waals surface area contributed by atoms with Crippen molar-refractivity contribution in [3.8, 4) is 0 Å². The van der Waals surface area contributed by atoms with Gasteiger partial charge in [-0.25, -0.2) is 15.2 Å². The number of aromatic nitrogens is 2. The van der Waals surface area contributed by atoms with Gasteiger partial charge < -0.3 is 10.7 Å². The maximum Gasteiger partial charge on any atom is 0.152 e. The lowest BCUT2D eigenvalue weighted by Gasteiger charge is -2.16. The fourth-order valence-corrected chi connectivity index (χ4v) is 1.71. The molecule has 0 atom stereocenters. The van der Waals surface area contributed by atoms with E-state index in [-0.39, 0.29) is 11.0 Å². The molecule has 16 heavy (non-hydrogen) atoms. The third-order valence-corrected chi connectivity index (χ3v) is 2.40. The lowest BCUT2D eigenvalue weighted by molar-refractivity contribution is 0.624. The molecule has 2 aromatic rings. The summed E-state index contributed by atoms with van der Waals surface area (Å²) in [5.41, 5.74) is 6.51. The molecule has 0 aromatic carbocycles. The van der Waals surface area contributed by atoms with Gasteiger partial charge in [-0.05, 0) is 6.07 Å². The van der Waals surface area contributed by atoms with Gasteiger partial charge in [0.05, 0.1) is 6.20 Å². The number of hydrogen-bond donors (Lipinski definition) is 2. The standard InChI is InChI=1S/C9H9ClFN5/c1-16(13)7-6-5(2-4(11)3-14-6)8(10)15-9(7)12/h2-3H,13H2,1H3,(H2,12,15). The smallest absolute Gasteiger partial charge is 0.152 e. The van der Waals surface area contributed by atoms with Crippen LogP contribution in [0.2, 0.25) is 5.15 Å². The molecule has 84 valence electrons. The summed E-state index contributed by atoms with van der Waals surface area (Å²) in [7, 11) is 1.59. The van der Waals surface area contributed by atoms with E-state index in [4.69, 9.17) is 23.2 Å². The summed E-state index contributed by atoms with van der Waals surface area (Å²) in [5, 5.41) is 1.75. The first-order valence-electron chi connectivity index (χ1n) is 4.39. The van der Waals surface area contributed by atoms with E-state index < -0.39 is 5.82 Å². The molecule has 2 heterocycles. The first kappa shape index (κ1) is 10.8. The Morgan fingerprint density at radius 3 is 2.81 bits per heavy atom. The van der Waals surface area contributed by atoms with Crippen molar-refractivity contribution >= 4 is 34.0 Å². The number of rotatable bonds is 1. The summed E-state index contributed by atoms with van der Waals surface area (Å²) in [6, 6.07) is 1.24. The van der Waals surface area contributed by atoms with E-state index in [1.807, 2.05) is 0 Å². The Balaban J connectivity index is 2.90. The Labute approximate surface area is 95.8 Å². The minimum atomic E-state index is -0.494. The van der Waals surface area contributed by atoms with Gasteiger partial charge in [0.15, 0.2) is 5.82 Å². The molecule has 0 saturated carbocycles. The summed E-state index contributed by atoms with van der Waals surface area (Å²) in [5.74, 6) is 5.27. The number of nitrogens with two attached hydrogens (primary N) is 2. The second-order valence-corrected chi connectivity index (χ2v) is 3.66. The molecule has 0 amide bonds. The molecule has 4 N–H and O–H groups in total. The van der Waals surface area contributed by atoms with Crippen LogP contribution >= 0.6 is 11.6 Å². The number of nitrogens with zero attached hydrogens (tertiary/aromatic N) is 3. The zero-order valence-corrected chi connectivity index (χ0v) is 9.16. The largest absolute Gasteiger partial charge is 0.382 e. The van der Waals surface area contributed by atoms with E-state index >= 15 is 0 Å². The van der Waals surface area contributed by atoms with Gasteiger partial charge in [-0.2, -0.15) is 0 Å². The summed E-state index contributed by atoms with van der Waals surface area (Å²) in [6.45, 7) is 0. The van der Waals surface area contributed by atoms with Crippen LogP contribution in [0, 0.1) is 5.82 Å². The van der Waals surface area contributed by atoms with Crippen LogP contribution in [0.25, 0.3) is 10.9 Å². The maximum atomic E-state index is 13.0. The van der Waals surface area contributed by atoms with Crippen molar-refractivity contribution in [2.75, 3.05) is 17.8 Å². The number of anilines is 2. The lowest BCUT2D eigenvalue weighted by atomic mass is 10.2. The van der Waals surface area contributed by atoms with Gasteiger partial charge in [-0.1, -0.05) is 11.6 Å². The van der Waals surface area contributed by atoms with Crippen LogP contribution in [-0.2, 0) is 0 Å². The molecular weight excluding hydrogens is 233 g/mol. The number of hydrazine groups is 1. The highest BCUT2D eigenvalue weighted by molar-refractivity contribution is 6.34. The van der Waals surface area contributed by atoms with Gasteiger partial charge in [0.2, 0.25) is 0 Å². The van der Waals surface area contributed by atoms with Crippen LogP contribution in [-0.4, -0.2) is 17.0 Å². The second-order valence-electron chi connectivity index (χ2n) is 3.30. The van der Waals surface area contributed by atoms with Crippen molar-refractivity contribution in [3.63, 3.8) is 0 Å². The summed E-state index contributed by atoms with van der Waals surface area (Å²) < 4.78 is 13.0. The van der Waals surface area contributed by atoms with Crippen LogP contribution in [0.5, 0.6) is 0 Å². The van der Waals surface area contributed by atoms with Gasteiger partial charge in [-0.15, -0.1) is 0 Å². The van der Waals surface area contributed by atoms with E-state index in [2.05, 4.69) is 9.97 Å². The van der Waals surface area contributed by atoms with Crippen LogP contribution in [0.15, 0.2) is 12.3 Å². The molecule has 0 unspecified atom stereocenters. The molecule has 0 bridgehead atoms. The molecule has 2 rings (SSSR count). The van der Waals surface area contributed by atoms with Gasteiger partial charge >= 0.3 is 0 Å². The van der Waals surface area contributed by atoms with E-state index in [9.17, 15) is 4.39 Å². The van der Waals surface area contributed by atoms with Crippen molar-refractivity contribution in [1.29, 1.82) is 0 Å². The third kappa shape index (κ3) is 1.62. The van der Waals surface area contributed by atoms with Crippen molar-refractivity contribution < 1.29 is 4.39 Å². The summed E-state index contributed by atoms with van der Waals surface area (Å²) in [6.07, 6.45) is 1.07. The third-order valence-electron chi connectivity index (χ3n) is 2.11. The zero-order chi connectivity index (χ0) is 11.9. The monoisotopic (exact) mass is 241 g/mol. The number of halogens is 2. The molecule has 0 aliphatic heterocycles. The van der Waals surface area contributed by atoms with Crippen LogP contribution < -0.4 is 16.6 Å². The topological polar surface area (TPSA) is 81.1 Å². The Kier molecular flexibility index (Phi) is 2.53. The Morgan fingerprint density at radius 1 is 1.50 bits per heavy atom. The Hall–Kier alpha value is -1.66. The van der Waals surface area contributed by atoms with E-state index in [1.165, 1.54) is 11.1 Å². The quantitative estimate of drug-likeness (QED) is 0.447. The Morgan fingerprint density at radius 2 is 2.19 bits per heavy atom. The first-order chi connectivity index (χ1) is 7.50. The van der Waals surface area contributed by atoms with Gasteiger partial charge in [0.1, 0.15) is 22.2 Å². The van der Waals surface area contributed by atoms with E-state index in [0.717, 1.165) is 6.20 Å². The molecule has 2 aromatic heterocycles. The van der Waals surface area contributed by atoms with Crippen LogP contribution in [0.4, 0.5) is 15.9 Å². The molecule has 7 heteroatoms. The van der Waals surface area contributed by atoms with Crippen molar-refractivity contribution in [2.45, 2.75) is 0 Å². The zero-order valence-electron chi connectivity index (χ0n) is 8.41. The predicted octanol–water partition coefficient (Wildman–Crippen LogP) is 1.31. The van der Waals surface area contributed by atoms with E-state index in [1.54, 1.807) is 7.05 Å². The molecule has 0 saturated heterocycles. The highest BCUT2D eigenvalue weighted by Gasteiger charge is 2.14. The molecule has 0 fully saturated rings. The minimum absolute atomic E-state index is 0.102. The molecular formula is C9H9ClFN5. The predicted molar refractivity (Wildman–Crippen MR) is 61.5 cm³/mol. The molecule has 0 aliphatic rings. The lowest BCUT2D eigenvalue weighted by Crippen LogP contribution is -2.27. The second kappa shape index (κ2) is 3.73. The van der Waals surface area contributed by atoms with Crippen molar-refractivity contribution in [2.24, 2.45) is 5.84 Å². The number of pyridine rings is 2. The van der Waals surface area contributed by atoms with Crippen molar-refractivity contribution in [3.05, 3.63) is 23.2 Å². The minimum Gasteiger partial charge on any atom is -0.382 e. The molecule has 5 nitrogen and oxygen atoms in total. The number of hydrogen-bond acceptors (Lipinski definition) is 5. The van der Waals surface area contributed by atoms with Crippen LogP contribution in [0.3, 0.4) is 0 Å². The maximum absolute atomic E-state index is 13.0. The van der Waals surface area contributed by atoms with Gasteiger partial charge in [0, 0.05) is 12.4 Å². The molecule has 0 radical (unpaired) electrons. The Bertz CT molecular complexity index is 557. The van der Waals surface area contributed by atoms with Gasteiger partial charge in [0.25, 0.3) is 0 Å². The highest BCUT2D eigenvalue weighted by Crippen LogP contribution is 2.32. The summed E-state index contributed by atoms with van der Waals surface area (Å²) in [4.78, 5) is 7.80. The van der Waals surface area contributed by atoms with Crippen molar-refractivity contribution in [1.82, 2.24) is 9.97 Å². The highest BCUT2D eigenvalue weighted by atomic mass is 35.5. The van der Waals surface area contributed by atoms with E-state index in [0.29, 0.717) is 16.6 Å². The molecule has 0 aliphatic carbocycles. The number of nitrogen functional groups attached to an aromatic ring is 1. The fraction of sp³-hybridized carbons (Fsp3) is 0.111.